The predicted octanol–water partition coefficient (Wildman–Crippen LogP) is 4.44. The van der Waals surface area contributed by atoms with Crippen LogP contribution in [-0.2, 0) is 6.54 Å². The number of carbonyl (C=O) groups is 1. The van der Waals surface area contributed by atoms with Gasteiger partial charge in [-0.3, -0.25) is 4.79 Å². The van der Waals surface area contributed by atoms with Gasteiger partial charge in [-0.1, -0.05) is 13.8 Å². The van der Waals surface area contributed by atoms with Crippen LogP contribution >= 0.6 is 11.3 Å². The van der Waals surface area contributed by atoms with E-state index in [-0.39, 0.29) is 17.9 Å². The lowest BCUT2D eigenvalue weighted by molar-refractivity contribution is 0.0953. The number of pyridine rings is 1. The molecule has 1 amide bonds. The average molecular weight is 356 g/mol. The van der Waals surface area contributed by atoms with E-state index in [4.69, 9.17) is 4.98 Å². The number of hydrogen-bond donors (Lipinski definition) is 1. The van der Waals surface area contributed by atoms with Gasteiger partial charge in [0.2, 0.25) is 0 Å². The molecular weight excluding hydrogens is 332 g/mol. The van der Waals surface area contributed by atoms with Crippen LogP contribution in [0.4, 0.5) is 0 Å². The molecule has 3 aromatic rings. The Kier molecular flexibility index (Phi) is 4.90. The van der Waals surface area contributed by atoms with Gasteiger partial charge in [0.15, 0.2) is 5.65 Å². The van der Waals surface area contributed by atoms with Crippen molar-refractivity contribution in [1.82, 2.24) is 20.1 Å². The second-order valence-electron chi connectivity index (χ2n) is 6.86. The van der Waals surface area contributed by atoms with Crippen molar-refractivity contribution in [2.75, 3.05) is 0 Å². The number of amides is 1. The highest BCUT2D eigenvalue weighted by atomic mass is 32.1. The average Bonchev–Trinajstić information content (AvgIpc) is 3.17. The highest BCUT2D eigenvalue weighted by Crippen LogP contribution is 2.24. The number of hydrogen-bond acceptors (Lipinski definition) is 4. The van der Waals surface area contributed by atoms with Crippen molar-refractivity contribution in [3.63, 3.8) is 0 Å². The van der Waals surface area contributed by atoms with Crippen LogP contribution in [-0.4, -0.2) is 20.7 Å². The van der Waals surface area contributed by atoms with Gasteiger partial charge >= 0.3 is 0 Å². The van der Waals surface area contributed by atoms with Crippen LogP contribution in [0.3, 0.4) is 0 Å². The fourth-order valence-electron chi connectivity index (χ4n) is 2.74. The number of aromatic nitrogens is 3. The Morgan fingerprint density at radius 2 is 2.04 bits per heavy atom. The summed E-state index contributed by atoms with van der Waals surface area (Å²) in [6, 6.07) is 6.21. The molecule has 0 aromatic carbocycles. The van der Waals surface area contributed by atoms with Gasteiger partial charge in [-0.25, -0.2) is 9.67 Å². The summed E-state index contributed by atoms with van der Waals surface area (Å²) in [6.07, 6.45) is 1.75. The Morgan fingerprint density at radius 3 is 2.64 bits per heavy atom. The third-order valence-electron chi connectivity index (χ3n) is 4.13. The van der Waals surface area contributed by atoms with Crippen LogP contribution in [0.25, 0.3) is 11.0 Å². The fourth-order valence-corrected chi connectivity index (χ4v) is 3.57. The third-order valence-corrected chi connectivity index (χ3v) is 5.13. The second kappa shape index (κ2) is 6.96. The molecule has 0 bridgehead atoms. The van der Waals surface area contributed by atoms with Gasteiger partial charge in [0.1, 0.15) is 0 Å². The molecule has 0 radical (unpaired) electrons. The van der Waals surface area contributed by atoms with Crippen molar-refractivity contribution in [3.05, 3.63) is 45.4 Å². The molecule has 6 heteroatoms. The van der Waals surface area contributed by atoms with Crippen molar-refractivity contribution < 1.29 is 4.79 Å². The highest BCUT2D eigenvalue weighted by Gasteiger charge is 2.18. The number of nitrogens with zero attached hydrogens (tertiary/aromatic N) is 3. The van der Waals surface area contributed by atoms with E-state index >= 15 is 0 Å². The van der Waals surface area contributed by atoms with E-state index in [1.807, 2.05) is 10.7 Å². The monoisotopic (exact) mass is 356 g/mol. The quantitative estimate of drug-likeness (QED) is 0.735. The third kappa shape index (κ3) is 3.58. The molecule has 0 fully saturated rings. The molecule has 0 atom stereocenters. The minimum Gasteiger partial charge on any atom is -0.347 e. The number of aryl methyl sites for hydroxylation is 1. The van der Waals surface area contributed by atoms with Crippen LogP contribution in [0.1, 0.15) is 65.5 Å². The van der Waals surface area contributed by atoms with Crippen LogP contribution in [0, 0.1) is 6.92 Å². The first-order valence-corrected chi connectivity index (χ1v) is 9.40. The number of nitrogens with one attached hydrogen (secondary N) is 1. The molecule has 0 saturated carbocycles. The molecule has 25 heavy (non-hydrogen) atoms. The Hall–Kier alpha value is -2.21. The van der Waals surface area contributed by atoms with Crippen molar-refractivity contribution in [3.8, 4) is 0 Å². The highest BCUT2D eigenvalue weighted by molar-refractivity contribution is 7.11. The molecule has 3 aromatic heterocycles. The molecule has 0 spiro atoms. The zero-order valence-corrected chi connectivity index (χ0v) is 16.1. The van der Waals surface area contributed by atoms with E-state index in [1.165, 1.54) is 4.88 Å². The normalized spacial score (nSPS) is 11.6. The van der Waals surface area contributed by atoms with Gasteiger partial charge in [0.25, 0.3) is 5.91 Å². The lowest BCUT2D eigenvalue weighted by Crippen LogP contribution is -2.23. The summed E-state index contributed by atoms with van der Waals surface area (Å²) in [5, 5.41) is 8.27. The number of rotatable bonds is 5. The maximum absolute atomic E-state index is 12.8. The van der Waals surface area contributed by atoms with E-state index in [9.17, 15) is 4.79 Å². The van der Waals surface area contributed by atoms with Crippen molar-refractivity contribution in [1.29, 1.82) is 0 Å². The second-order valence-corrected chi connectivity index (χ2v) is 8.24. The largest absolute Gasteiger partial charge is 0.347 e. The summed E-state index contributed by atoms with van der Waals surface area (Å²) in [5.41, 5.74) is 2.33. The Balaban J connectivity index is 1.97. The molecule has 0 aliphatic heterocycles. The van der Waals surface area contributed by atoms with Gasteiger partial charge in [-0.2, -0.15) is 5.10 Å². The number of thiophene rings is 1. The van der Waals surface area contributed by atoms with Gasteiger partial charge in [0, 0.05) is 21.5 Å². The smallest absolute Gasteiger partial charge is 0.252 e. The predicted molar refractivity (Wildman–Crippen MR) is 102 cm³/mol. The maximum atomic E-state index is 12.8. The molecule has 0 saturated heterocycles. The van der Waals surface area contributed by atoms with Gasteiger partial charge in [0.05, 0.1) is 23.7 Å². The molecule has 132 valence electrons. The first kappa shape index (κ1) is 17.6. The Bertz CT molecular complexity index is 907. The molecule has 3 heterocycles. The summed E-state index contributed by atoms with van der Waals surface area (Å²) in [5.74, 6) is 0.162. The first-order chi connectivity index (χ1) is 11.9. The molecule has 1 N–H and O–H groups in total. The topological polar surface area (TPSA) is 59.8 Å². The first-order valence-electron chi connectivity index (χ1n) is 8.58. The Morgan fingerprint density at radius 1 is 1.28 bits per heavy atom. The fraction of sp³-hybridized carbons (Fsp3) is 0.421. The van der Waals surface area contributed by atoms with Gasteiger partial charge in [-0.05, 0) is 44.9 Å². The molecule has 0 unspecified atom stereocenters. The van der Waals surface area contributed by atoms with Crippen LogP contribution in [0.2, 0.25) is 0 Å². The Labute approximate surface area is 152 Å². The summed E-state index contributed by atoms with van der Waals surface area (Å²) >= 11 is 1.70. The van der Waals surface area contributed by atoms with Crippen LogP contribution < -0.4 is 5.32 Å². The molecular formula is C19H24N4OS. The standard InChI is InChI=1S/C19H24N4OS/c1-11(2)17-8-15(16-10-21-23(12(3)4)18(16)22-17)19(24)20-9-14-7-6-13(5)25-14/h6-8,10-12H,9H2,1-5H3,(H,20,24). The minimum absolute atomic E-state index is 0.0799. The molecule has 0 aliphatic carbocycles. The maximum Gasteiger partial charge on any atom is 0.252 e. The van der Waals surface area contributed by atoms with E-state index in [0.29, 0.717) is 12.1 Å². The lowest BCUT2D eigenvalue weighted by Gasteiger charge is -2.12. The van der Waals surface area contributed by atoms with E-state index in [0.717, 1.165) is 21.6 Å². The van der Waals surface area contributed by atoms with Crippen molar-refractivity contribution in [2.45, 2.75) is 53.1 Å². The van der Waals surface area contributed by atoms with E-state index < -0.39 is 0 Å². The summed E-state index contributed by atoms with van der Waals surface area (Å²) in [4.78, 5) is 20.0. The van der Waals surface area contributed by atoms with Crippen molar-refractivity contribution in [2.24, 2.45) is 0 Å². The molecule has 0 aliphatic rings. The SMILES string of the molecule is Cc1ccc(CNC(=O)c2cc(C(C)C)nc3c2cnn3C(C)C)s1. The van der Waals surface area contributed by atoms with E-state index in [1.54, 1.807) is 17.5 Å². The van der Waals surface area contributed by atoms with Gasteiger partial charge in [-0.15, -0.1) is 11.3 Å². The summed E-state index contributed by atoms with van der Waals surface area (Å²) in [7, 11) is 0. The zero-order valence-electron chi connectivity index (χ0n) is 15.3. The van der Waals surface area contributed by atoms with E-state index in [2.05, 4.69) is 57.2 Å². The van der Waals surface area contributed by atoms with Gasteiger partial charge < -0.3 is 5.32 Å². The molecule has 5 nitrogen and oxygen atoms in total. The summed E-state index contributed by atoms with van der Waals surface area (Å²) in [6.45, 7) is 10.9. The zero-order chi connectivity index (χ0) is 18.1. The number of carbonyl (C=O) groups excluding carboxylic acids is 1. The van der Waals surface area contributed by atoms with Crippen LogP contribution in [0.15, 0.2) is 24.4 Å². The summed E-state index contributed by atoms with van der Waals surface area (Å²) < 4.78 is 1.88. The lowest BCUT2D eigenvalue weighted by atomic mass is 10.0. The number of fused-ring (bicyclic) bond motifs is 1. The minimum atomic E-state index is -0.0799. The van der Waals surface area contributed by atoms with Crippen LogP contribution in [0.5, 0.6) is 0 Å². The molecule has 3 rings (SSSR count). The van der Waals surface area contributed by atoms with Crippen molar-refractivity contribution >= 4 is 28.3 Å².